The molecule has 1 fully saturated rings. The van der Waals surface area contributed by atoms with Gasteiger partial charge in [0, 0.05) is 56.4 Å². The monoisotopic (exact) mass is 395 g/mol. The minimum absolute atomic E-state index is 0.0737. The molecule has 2 heterocycles. The summed E-state index contributed by atoms with van der Waals surface area (Å²) in [5, 5.41) is 3.07. The Morgan fingerprint density at radius 3 is 2.48 bits per heavy atom. The van der Waals surface area contributed by atoms with Gasteiger partial charge in [-0.05, 0) is 37.3 Å². The number of carbonyl (C=O) groups excluding carboxylic acids is 1. The van der Waals surface area contributed by atoms with Gasteiger partial charge in [0.15, 0.2) is 11.5 Å². The van der Waals surface area contributed by atoms with Crippen LogP contribution in [0.1, 0.15) is 23.7 Å². The Morgan fingerprint density at radius 1 is 1.00 bits per heavy atom. The topological polar surface area (TPSA) is 54.0 Å². The molecule has 1 atom stereocenters. The van der Waals surface area contributed by atoms with Gasteiger partial charge in [0.05, 0.1) is 13.2 Å². The van der Waals surface area contributed by atoms with Crippen molar-refractivity contribution in [3.8, 4) is 11.5 Å². The molecule has 1 saturated heterocycles. The van der Waals surface area contributed by atoms with Gasteiger partial charge in [-0.2, -0.15) is 0 Å². The first kappa shape index (κ1) is 19.6. The van der Waals surface area contributed by atoms with Crippen molar-refractivity contribution < 1.29 is 14.3 Å². The lowest BCUT2D eigenvalue weighted by Gasteiger charge is -2.39. The maximum absolute atomic E-state index is 12.6. The lowest BCUT2D eigenvalue weighted by molar-refractivity contribution is 0.0934. The zero-order valence-electron chi connectivity index (χ0n) is 17.0. The summed E-state index contributed by atoms with van der Waals surface area (Å²) >= 11 is 0. The van der Waals surface area contributed by atoms with Crippen LogP contribution in [0.3, 0.4) is 0 Å². The largest absolute Gasteiger partial charge is 0.490 e. The highest BCUT2D eigenvalue weighted by atomic mass is 16.5. The molecular weight excluding hydrogens is 366 g/mol. The molecule has 1 N–H and O–H groups in total. The second-order valence-electron chi connectivity index (χ2n) is 7.63. The smallest absolute Gasteiger partial charge is 0.251 e. The molecule has 1 amide bonds. The summed E-state index contributed by atoms with van der Waals surface area (Å²) in [5.74, 6) is 1.29. The molecule has 2 aliphatic heterocycles. The number of ether oxygens (including phenoxy) is 2. The van der Waals surface area contributed by atoms with Gasteiger partial charge in [-0.1, -0.05) is 18.2 Å². The number of hydrogen-bond donors (Lipinski definition) is 1. The molecule has 2 aliphatic rings. The van der Waals surface area contributed by atoms with Crippen molar-refractivity contribution in [2.75, 3.05) is 50.8 Å². The van der Waals surface area contributed by atoms with Crippen molar-refractivity contribution >= 4 is 11.6 Å². The molecule has 0 radical (unpaired) electrons. The molecule has 2 aromatic carbocycles. The van der Waals surface area contributed by atoms with Crippen LogP contribution in [0.4, 0.5) is 5.69 Å². The van der Waals surface area contributed by atoms with Gasteiger partial charge in [0.25, 0.3) is 5.91 Å². The number of benzene rings is 2. The van der Waals surface area contributed by atoms with E-state index in [0.29, 0.717) is 36.8 Å². The van der Waals surface area contributed by atoms with Crippen molar-refractivity contribution in [3.05, 3.63) is 54.1 Å². The summed E-state index contributed by atoms with van der Waals surface area (Å²) in [6.07, 6.45) is 0.852. The molecule has 4 rings (SSSR count). The second-order valence-corrected chi connectivity index (χ2v) is 7.63. The Hall–Kier alpha value is -2.73. The fraction of sp³-hybridized carbons (Fsp3) is 0.435. The first-order valence-electron chi connectivity index (χ1n) is 10.4. The third-order valence-electron chi connectivity index (χ3n) is 5.63. The lowest BCUT2D eigenvalue weighted by atomic mass is 10.1. The number of amides is 1. The molecule has 0 bridgehead atoms. The quantitative estimate of drug-likeness (QED) is 0.844. The van der Waals surface area contributed by atoms with E-state index in [1.807, 2.05) is 12.1 Å². The van der Waals surface area contributed by atoms with Crippen LogP contribution in [-0.2, 0) is 0 Å². The average molecular weight is 396 g/mol. The predicted octanol–water partition coefficient (Wildman–Crippen LogP) is 2.79. The molecule has 1 unspecified atom stereocenters. The summed E-state index contributed by atoms with van der Waals surface area (Å²) < 4.78 is 11.3. The standard InChI is InChI=1S/C23H29N3O3/c1-18(25-10-12-26(13-11-25)20-6-3-2-4-7-20)17-24-23(27)19-8-9-21-22(16-19)29-15-5-14-28-21/h2-4,6-9,16,18H,5,10-15,17H2,1H3,(H,24,27). The molecule has 0 spiro atoms. The van der Waals surface area contributed by atoms with E-state index in [0.717, 1.165) is 32.6 Å². The van der Waals surface area contributed by atoms with Crippen LogP contribution in [-0.4, -0.2) is 62.8 Å². The summed E-state index contributed by atoms with van der Waals surface area (Å²) in [7, 11) is 0. The zero-order valence-corrected chi connectivity index (χ0v) is 17.0. The van der Waals surface area contributed by atoms with Crippen LogP contribution in [0, 0.1) is 0 Å². The Bertz CT molecular complexity index is 819. The number of carbonyl (C=O) groups is 1. The molecule has 29 heavy (non-hydrogen) atoms. The maximum Gasteiger partial charge on any atom is 0.251 e. The molecule has 0 saturated carbocycles. The fourth-order valence-electron chi connectivity index (χ4n) is 3.84. The van der Waals surface area contributed by atoms with Crippen LogP contribution in [0.15, 0.2) is 48.5 Å². The van der Waals surface area contributed by atoms with E-state index in [2.05, 4.69) is 46.3 Å². The normalized spacial score (nSPS) is 18.0. The van der Waals surface area contributed by atoms with Crippen molar-refractivity contribution in [1.82, 2.24) is 10.2 Å². The summed E-state index contributed by atoms with van der Waals surface area (Å²) in [6, 6.07) is 16.2. The second kappa shape index (κ2) is 9.18. The molecule has 2 aromatic rings. The number of anilines is 1. The van der Waals surface area contributed by atoms with Gasteiger partial charge in [-0.15, -0.1) is 0 Å². The van der Waals surface area contributed by atoms with E-state index in [9.17, 15) is 4.79 Å². The number of fused-ring (bicyclic) bond motifs is 1. The molecule has 6 heteroatoms. The van der Waals surface area contributed by atoms with E-state index in [1.54, 1.807) is 12.1 Å². The van der Waals surface area contributed by atoms with E-state index in [-0.39, 0.29) is 11.9 Å². The van der Waals surface area contributed by atoms with E-state index < -0.39 is 0 Å². The molecule has 6 nitrogen and oxygen atoms in total. The van der Waals surface area contributed by atoms with Gasteiger partial charge in [-0.25, -0.2) is 0 Å². The third-order valence-corrected chi connectivity index (χ3v) is 5.63. The Morgan fingerprint density at radius 2 is 1.72 bits per heavy atom. The van der Waals surface area contributed by atoms with Crippen LogP contribution >= 0.6 is 0 Å². The highest BCUT2D eigenvalue weighted by Crippen LogP contribution is 2.30. The van der Waals surface area contributed by atoms with Gasteiger partial charge < -0.3 is 19.7 Å². The predicted molar refractivity (Wildman–Crippen MR) is 114 cm³/mol. The average Bonchev–Trinajstić information content (AvgIpc) is 3.03. The number of nitrogens with one attached hydrogen (secondary N) is 1. The number of piperazine rings is 1. The van der Waals surface area contributed by atoms with E-state index in [4.69, 9.17) is 9.47 Å². The summed E-state index contributed by atoms with van der Waals surface area (Å²) in [5.41, 5.74) is 1.89. The molecular formula is C23H29N3O3. The first-order chi connectivity index (χ1) is 14.2. The number of para-hydroxylation sites is 1. The van der Waals surface area contributed by atoms with Crippen LogP contribution in [0.5, 0.6) is 11.5 Å². The number of hydrogen-bond acceptors (Lipinski definition) is 5. The van der Waals surface area contributed by atoms with Crippen molar-refractivity contribution in [3.63, 3.8) is 0 Å². The Labute approximate surface area is 172 Å². The van der Waals surface area contributed by atoms with Gasteiger partial charge in [0.2, 0.25) is 0 Å². The van der Waals surface area contributed by atoms with Gasteiger partial charge in [0.1, 0.15) is 0 Å². The lowest BCUT2D eigenvalue weighted by Crippen LogP contribution is -2.52. The maximum atomic E-state index is 12.6. The highest BCUT2D eigenvalue weighted by molar-refractivity contribution is 5.94. The minimum Gasteiger partial charge on any atom is -0.490 e. The first-order valence-corrected chi connectivity index (χ1v) is 10.4. The minimum atomic E-state index is -0.0737. The van der Waals surface area contributed by atoms with Crippen LogP contribution in [0.2, 0.25) is 0 Å². The van der Waals surface area contributed by atoms with Gasteiger partial charge >= 0.3 is 0 Å². The SMILES string of the molecule is CC(CNC(=O)c1ccc2c(c1)OCCCO2)N1CCN(c2ccccc2)CC1. The highest BCUT2D eigenvalue weighted by Gasteiger charge is 2.22. The number of rotatable bonds is 5. The van der Waals surface area contributed by atoms with E-state index in [1.165, 1.54) is 5.69 Å². The molecule has 154 valence electrons. The molecule has 0 aromatic heterocycles. The Balaban J connectivity index is 1.27. The van der Waals surface area contributed by atoms with Crippen LogP contribution < -0.4 is 19.7 Å². The summed E-state index contributed by atoms with van der Waals surface area (Å²) in [4.78, 5) is 17.5. The molecule has 0 aliphatic carbocycles. The zero-order chi connectivity index (χ0) is 20.1. The Kier molecular flexibility index (Phi) is 6.20. The van der Waals surface area contributed by atoms with Crippen molar-refractivity contribution in [1.29, 1.82) is 0 Å². The van der Waals surface area contributed by atoms with E-state index >= 15 is 0 Å². The fourth-order valence-corrected chi connectivity index (χ4v) is 3.84. The van der Waals surface area contributed by atoms with Crippen molar-refractivity contribution in [2.24, 2.45) is 0 Å². The summed E-state index contributed by atoms with van der Waals surface area (Å²) in [6.45, 7) is 8.06. The number of nitrogens with zero attached hydrogens (tertiary/aromatic N) is 2. The van der Waals surface area contributed by atoms with Crippen molar-refractivity contribution in [2.45, 2.75) is 19.4 Å². The van der Waals surface area contributed by atoms with Crippen LogP contribution in [0.25, 0.3) is 0 Å². The van der Waals surface area contributed by atoms with Gasteiger partial charge in [-0.3, -0.25) is 9.69 Å². The third kappa shape index (κ3) is 4.82.